The zero-order valence-corrected chi connectivity index (χ0v) is 13.3. The van der Waals surface area contributed by atoms with Crippen LogP contribution in [0.2, 0.25) is 0 Å². The lowest BCUT2D eigenvalue weighted by atomic mass is 10.2. The van der Waals surface area contributed by atoms with Crippen LogP contribution < -0.4 is 10.6 Å². The van der Waals surface area contributed by atoms with Crippen LogP contribution in [0, 0.1) is 0 Å². The number of hydrogen-bond acceptors (Lipinski definition) is 4. The highest BCUT2D eigenvalue weighted by Gasteiger charge is 2.10. The minimum atomic E-state index is 0.556. The van der Waals surface area contributed by atoms with Gasteiger partial charge in [-0.3, -0.25) is 0 Å². The van der Waals surface area contributed by atoms with Crippen LogP contribution in [0.25, 0.3) is 0 Å². The van der Waals surface area contributed by atoms with Crippen molar-refractivity contribution in [1.82, 2.24) is 0 Å². The Bertz CT molecular complexity index is 374. The van der Waals surface area contributed by atoms with E-state index < -0.39 is 0 Å². The standard InChI is InChI=1S/C14H23BrN2O2/c1-18-8-3-6-17(7-9-19-2)14-5-4-12(11-16)10-13(14)15/h4-5,10H,3,6-9,11,16H2,1-2H3. The van der Waals surface area contributed by atoms with E-state index in [1.807, 2.05) is 0 Å². The molecule has 0 fully saturated rings. The number of benzene rings is 1. The Morgan fingerprint density at radius 1 is 1.16 bits per heavy atom. The molecule has 19 heavy (non-hydrogen) atoms. The van der Waals surface area contributed by atoms with Crippen LogP contribution in [0.5, 0.6) is 0 Å². The molecule has 5 heteroatoms. The normalized spacial score (nSPS) is 10.7. The van der Waals surface area contributed by atoms with Gasteiger partial charge < -0.3 is 20.1 Å². The van der Waals surface area contributed by atoms with E-state index in [-0.39, 0.29) is 0 Å². The Kier molecular flexibility index (Phi) is 8.05. The maximum absolute atomic E-state index is 5.65. The van der Waals surface area contributed by atoms with Crippen molar-refractivity contribution in [3.05, 3.63) is 28.2 Å². The fourth-order valence-electron chi connectivity index (χ4n) is 1.89. The smallest absolute Gasteiger partial charge is 0.0637 e. The molecule has 108 valence electrons. The lowest BCUT2D eigenvalue weighted by Crippen LogP contribution is -2.29. The number of nitrogens with two attached hydrogens (primary N) is 1. The van der Waals surface area contributed by atoms with Crippen LogP contribution in [-0.2, 0) is 16.0 Å². The first kappa shape index (κ1) is 16.4. The molecule has 0 saturated heterocycles. The van der Waals surface area contributed by atoms with Crippen LogP contribution in [0.4, 0.5) is 5.69 Å². The van der Waals surface area contributed by atoms with Gasteiger partial charge in [0.25, 0.3) is 0 Å². The van der Waals surface area contributed by atoms with Crippen molar-refractivity contribution >= 4 is 21.6 Å². The van der Waals surface area contributed by atoms with Crippen molar-refractivity contribution in [3.8, 4) is 0 Å². The van der Waals surface area contributed by atoms with Gasteiger partial charge in [0.05, 0.1) is 12.3 Å². The highest BCUT2D eigenvalue weighted by Crippen LogP contribution is 2.27. The first-order valence-electron chi connectivity index (χ1n) is 6.44. The largest absolute Gasteiger partial charge is 0.385 e. The average Bonchev–Trinajstić information content (AvgIpc) is 2.43. The second kappa shape index (κ2) is 9.31. The van der Waals surface area contributed by atoms with Gasteiger partial charge in [-0.05, 0) is 40.0 Å². The van der Waals surface area contributed by atoms with Crippen molar-refractivity contribution in [2.24, 2.45) is 5.73 Å². The molecule has 1 aromatic rings. The topological polar surface area (TPSA) is 47.7 Å². The van der Waals surface area contributed by atoms with Gasteiger partial charge in [0, 0.05) is 44.9 Å². The molecular formula is C14H23BrN2O2. The fraction of sp³-hybridized carbons (Fsp3) is 0.571. The minimum absolute atomic E-state index is 0.556. The molecular weight excluding hydrogens is 308 g/mol. The number of rotatable bonds is 9. The van der Waals surface area contributed by atoms with E-state index in [9.17, 15) is 0 Å². The molecule has 0 aliphatic heterocycles. The van der Waals surface area contributed by atoms with Gasteiger partial charge in [-0.1, -0.05) is 6.07 Å². The fourth-order valence-corrected chi connectivity index (χ4v) is 2.56. The monoisotopic (exact) mass is 330 g/mol. The molecule has 2 N–H and O–H groups in total. The molecule has 0 bridgehead atoms. The third-order valence-corrected chi connectivity index (χ3v) is 3.57. The van der Waals surface area contributed by atoms with E-state index in [0.29, 0.717) is 13.2 Å². The van der Waals surface area contributed by atoms with Crippen LogP contribution in [0.15, 0.2) is 22.7 Å². The molecule has 1 aromatic carbocycles. The Balaban J connectivity index is 2.77. The first-order chi connectivity index (χ1) is 9.22. The molecule has 0 spiro atoms. The second-order valence-corrected chi connectivity index (χ2v) is 5.17. The summed E-state index contributed by atoms with van der Waals surface area (Å²) < 4.78 is 11.4. The zero-order chi connectivity index (χ0) is 14.1. The molecule has 0 saturated carbocycles. The van der Waals surface area contributed by atoms with Crippen molar-refractivity contribution in [1.29, 1.82) is 0 Å². The van der Waals surface area contributed by atoms with E-state index >= 15 is 0 Å². The second-order valence-electron chi connectivity index (χ2n) is 4.32. The van der Waals surface area contributed by atoms with Crippen LogP contribution in [0.3, 0.4) is 0 Å². The molecule has 0 heterocycles. The Morgan fingerprint density at radius 2 is 1.89 bits per heavy atom. The minimum Gasteiger partial charge on any atom is -0.385 e. The summed E-state index contributed by atoms with van der Waals surface area (Å²) in [4.78, 5) is 2.30. The number of hydrogen-bond donors (Lipinski definition) is 1. The third-order valence-electron chi connectivity index (χ3n) is 2.93. The summed E-state index contributed by atoms with van der Waals surface area (Å²) in [5.41, 5.74) is 7.95. The van der Waals surface area contributed by atoms with Gasteiger partial charge in [0.15, 0.2) is 0 Å². The zero-order valence-electron chi connectivity index (χ0n) is 11.7. The molecule has 0 aromatic heterocycles. The molecule has 0 radical (unpaired) electrons. The molecule has 0 atom stereocenters. The highest BCUT2D eigenvalue weighted by molar-refractivity contribution is 9.10. The maximum Gasteiger partial charge on any atom is 0.0637 e. The number of methoxy groups -OCH3 is 2. The average molecular weight is 331 g/mol. The van der Waals surface area contributed by atoms with Crippen LogP contribution in [-0.4, -0.2) is 40.5 Å². The van der Waals surface area contributed by atoms with Crippen molar-refractivity contribution in [3.63, 3.8) is 0 Å². The van der Waals surface area contributed by atoms with Gasteiger partial charge in [-0.2, -0.15) is 0 Å². The predicted octanol–water partition coefficient (Wildman–Crippen LogP) is 2.40. The Labute approximate surface area is 124 Å². The van der Waals surface area contributed by atoms with Gasteiger partial charge >= 0.3 is 0 Å². The first-order valence-corrected chi connectivity index (χ1v) is 7.23. The Morgan fingerprint density at radius 3 is 2.47 bits per heavy atom. The molecule has 4 nitrogen and oxygen atoms in total. The van der Waals surface area contributed by atoms with E-state index in [0.717, 1.165) is 36.2 Å². The highest BCUT2D eigenvalue weighted by atomic mass is 79.9. The number of ether oxygens (including phenoxy) is 2. The lowest BCUT2D eigenvalue weighted by Gasteiger charge is -2.26. The molecule has 0 aliphatic rings. The van der Waals surface area contributed by atoms with Gasteiger partial charge in [0.2, 0.25) is 0 Å². The van der Waals surface area contributed by atoms with Gasteiger partial charge in [-0.15, -0.1) is 0 Å². The molecule has 0 aliphatic carbocycles. The van der Waals surface area contributed by atoms with Gasteiger partial charge in [0.1, 0.15) is 0 Å². The SMILES string of the molecule is COCCCN(CCOC)c1ccc(CN)cc1Br. The van der Waals surface area contributed by atoms with E-state index in [1.54, 1.807) is 14.2 Å². The van der Waals surface area contributed by atoms with Crippen LogP contribution >= 0.6 is 15.9 Å². The van der Waals surface area contributed by atoms with Crippen molar-refractivity contribution in [2.45, 2.75) is 13.0 Å². The van der Waals surface area contributed by atoms with Crippen LogP contribution in [0.1, 0.15) is 12.0 Å². The third kappa shape index (κ3) is 5.48. The Hall–Kier alpha value is -0.620. The van der Waals surface area contributed by atoms with Crippen molar-refractivity contribution in [2.75, 3.05) is 45.4 Å². The summed E-state index contributed by atoms with van der Waals surface area (Å²) in [6.45, 7) is 3.83. The number of halogens is 1. The summed E-state index contributed by atoms with van der Waals surface area (Å²) in [5.74, 6) is 0. The summed E-state index contributed by atoms with van der Waals surface area (Å²) in [6.07, 6.45) is 0.991. The maximum atomic E-state index is 5.65. The molecule has 1 rings (SSSR count). The van der Waals surface area contributed by atoms with E-state index in [2.05, 4.69) is 39.0 Å². The van der Waals surface area contributed by atoms with Gasteiger partial charge in [-0.25, -0.2) is 0 Å². The number of anilines is 1. The molecule has 0 amide bonds. The lowest BCUT2D eigenvalue weighted by molar-refractivity contribution is 0.191. The number of nitrogens with zero attached hydrogens (tertiary/aromatic N) is 1. The van der Waals surface area contributed by atoms with E-state index in [4.69, 9.17) is 15.2 Å². The summed E-state index contributed by atoms with van der Waals surface area (Å²) in [6, 6.07) is 6.25. The summed E-state index contributed by atoms with van der Waals surface area (Å²) in [7, 11) is 3.45. The summed E-state index contributed by atoms with van der Waals surface area (Å²) >= 11 is 3.62. The van der Waals surface area contributed by atoms with Crippen molar-refractivity contribution < 1.29 is 9.47 Å². The summed E-state index contributed by atoms with van der Waals surface area (Å²) in [5, 5.41) is 0. The quantitative estimate of drug-likeness (QED) is 0.706. The predicted molar refractivity (Wildman–Crippen MR) is 82.6 cm³/mol. The van der Waals surface area contributed by atoms with E-state index in [1.165, 1.54) is 5.69 Å². The molecule has 0 unspecified atom stereocenters.